The van der Waals surface area contributed by atoms with Crippen LogP contribution in [0.1, 0.15) is 181 Å². The predicted molar refractivity (Wildman–Crippen MR) is 268 cm³/mol. The third kappa shape index (κ3) is 31.3. The van der Waals surface area contributed by atoms with Gasteiger partial charge in [0.25, 0.3) is 0 Å². The fourth-order valence-electron chi connectivity index (χ4n) is 7.92. The second kappa shape index (κ2) is 38.3. The minimum atomic E-state index is -5.38. The Hall–Kier alpha value is -2.34. The van der Waals surface area contributed by atoms with Crippen LogP contribution >= 0.6 is 15.6 Å². The number of epoxide rings is 1. The van der Waals surface area contributed by atoms with Crippen molar-refractivity contribution in [1.29, 1.82) is 0 Å². The van der Waals surface area contributed by atoms with Crippen molar-refractivity contribution >= 4 is 27.6 Å². The van der Waals surface area contributed by atoms with Crippen LogP contribution in [0.25, 0.3) is 0 Å². The lowest BCUT2D eigenvalue weighted by Crippen LogP contribution is -2.64. The van der Waals surface area contributed by atoms with Crippen molar-refractivity contribution < 1.29 is 81.6 Å². The minimum absolute atomic E-state index is 0.00817. The third-order valence-corrected chi connectivity index (χ3v) is 13.5. The number of carbonyl (C=O) groups excluding carboxylic acids is 2. The van der Waals surface area contributed by atoms with Crippen LogP contribution in [-0.4, -0.2) is 115 Å². The first-order chi connectivity index (χ1) is 33.6. The molecule has 10 atom stereocenters. The number of rotatable bonds is 42. The van der Waals surface area contributed by atoms with Gasteiger partial charge in [-0.15, -0.1) is 0 Å². The number of phosphoric acid groups is 2. The normalized spacial score (nSPS) is 24.4. The van der Waals surface area contributed by atoms with Gasteiger partial charge in [-0.25, -0.2) is 9.13 Å². The molecule has 1 aliphatic carbocycles. The molecule has 2 fully saturated rings. The molecule has 0 radical (unpaired) electrons. The highest BCUT2D eigenvalue weighted by Crippen LogP contribution is 2.49. The number of carbonyl (C=O) groups is 2. The zero-order valence-corrected chi connectivity index (χ0v) is 43.7. The summed E-state index contributed by atoms with van der Waals surface area (Å²) >= 11 is 0. The summed E-state index contributed by atoms with van der Waals surface area (Å²) < 4.78 is 55.1. The summed E-state index contributed by atoms with van der Waals surface area (Å²) in [6, 6.07) is 0. The smallest absolute Gasteiger partial charge is 0.462 e. The van der Waals surface area contributed by atoms with E-state index in [1.807, 2.05) is 18.2 Å². The first kappa shape index (κ1) is 63.8. The standard InChI is InChI=1S/C51H88O17P2/c1-3-5-7-8-9-10-11-12-13-14-15-16-21-24-27-30-34-38-45(53)65-41(40-64-70(61,62)68-51-48(56)46(54)47(55)50(49(51)57)67-69(58,59)60)39-63-44(52)37-33-29-26-23-20-18-17-19-22-25-28-32-36-43-42(66-43)35-31-6-4-2/h6,18-20,22,26,28-29,31-32,41-43,46-51,54-57H,3-5,7-17,21,23-25,27,30,33-40H2,1-2H3,(H,61,62)(H2,58,59,60)/b20-18-,22-19-,29-26-,31-6-,32-28-/t41-,42?,43?,46?,47?,48?,49?,50-,51+/m1/s1. The first-order valence-electron chi connectivity index (χ1n) is 26.0. The van der Waals surface area contributed by atoms with Crippen molar-refractivity contribution in [1.82, 2.24) is 0 Å². The zero-order valence-electron chi connectivity index (χ0n) is 41.9. The molecule has 0 amide bonds. The molecule has 1 heterocycles. The first-order valence-corrected chi connectivity index (χ1v) is 29.0. The highest BCUT2D eigenvalue weighted by Gasteiger charge is 2.54. The van der Waals surface area contributed by atoms with Gasteiger partial charge in [-0.1, -0.05) is 177 Å². The summed E-state index contributed by atoms with van der Waals surface area (Å²) in [6.45, 7) is 2.95. The van der Waals surface area contributed by atoms with Crippen LogP contribution < -0.4 is 0 Å². The van der Waals surface area contributed by atoms with Crippen LogP contribution in [0.4, 0.5) is 0 Å². The molecule has 7 N–H and O–H groups in total. The summed E-state index contributed by atoms with van der Waals surface area (Å²) in [7, 11) is -10.7. The van der Waals surface area contributed by atoms with Crippen LogP contribution in [0, 0.1) is 0 Å². The monoisotopic (exact) mass is 1030 g/mol. The highest BCUT2D eigenvalue weighted by atomic mass is 31.2. The second-order valence-corrected chi connectivity index (χ2v) is 20.9. The Morgan fingerprint density at radius 2 is 0.986 bits per heavy atom. The van der Waals surface area contributed by atoms with E-state index in [1.165, 1.54) is 77.0 Å². The minimum Gasteiger partial charge on any atom is -0.462 e. The summed E-state index contributed by atoms with van der Waals surface area (Å²) in [6.07, 6.45) is 32.2. The van der Waals surface area contributed by atoms with Gasteiger partial charge in [-0.3, -0.25) is 23.2 Å². The molecule has 404 valence electrons. The van der Waals surface area contributed by atoms with Gasteiger partial charge in [0.15, 0.2) is 6.10 Å². The van der Waals surface area contributed by atoms with Gasteiger partial charge in [0.1, 0.15) is 43.2 Å². The summed E-state index contributed by atoms with van der Waals surface area (Å²) in [5.74, 6) is -1.30. The molecule has 0 aromatic heterocycles. The summed E-state index contributed by atoms with van der Waals surface area (Å²) in [4.78, 5) is 54.4. The zero-order chi connectivity index (χ0) is 51.5. The van der Waals surface area contributed by atoms with E-state index in [9.17, 15) is 53.8 Å². The lowest BCUT2D eigenvalue weighted by molar-refractivity contribution is -0.216. The van der Waals surface area contributed by atoms with Crippen molar-refractivity contribution in [2.75, 3.05) is 13.2 Å². The Morgan fingerprint density at radius 1 is 0.529 bits per heavy atom. The fourth-order valence-corrected chi connectivity index (χ4v) is 9.46. The Kier molecular flexibility index (Phi) is 34.9. The molecule has 70 heavy (non-hydrogen) atoms. The van der Waals surface area contributed by atoms with Crippen LogP contribution in [-0.2, 0) is 46.5 Å². The fraction of sp³-hybridized carbons (Fsp3) is 0.765. The van der Waals surface area contributed by atoms with Crippen molar-refractivity contribution in [3.05, 3.63) is 60.8 Å². The maximum atomic E-state index is 13.0. The number of aliphatic hydroxyl groups is 4. The highest BCUT2D eigenvalue weighted by molar-refractivity contribution is 7.47. The predicted octanol–water partition coefficient (Wildman–Crippen LogP) is 9.61. The molecule has 1 saturated heterocycles. The lowest BCUT2D eigenvalue weighted by Gasteiger charge is -2.43. The molecule has 0 spiro atoms. The van der Waals surface area contributed by atoms with Crippen molar-refractivity contribution in [3.63, 3.8) is 0 Å². The molecular weight excluding hydrogens is 946 g/mol. The number of hydrogen-bond acceptors (Lipinski definition) is 14. The van der Waals surface area contributed by atoms with Crippen molar-refractivity contribution in [2.45, 2.75) is 236 Å². The quantitative estimate of drug-likeness (QED) is 0.00986. The second-order valence-electron chi connectivity index (χ2n) is 18.3. The number of hydrogen-bond donors (Lipinski definition) is 7. The number of allylic oxidation sites excluding steroid dienone is 8. The molecule has 0 bridgehead atoms. The van der Waals surface area contributed by atoms with Gasteiger partial charge in [-0.2, -0.15) is 0 Å². The lowest BCUT2D eigenvalue weighted by atomic mass is 9.85. The van der Waals surface area contributed by atoms with E-state index in [1.54, 1.807) is 0 Å². The molecule has 19 heteroatoms. The van der Waals surface area contributed by atoms with E-state index in [2.05, 4.69) is 60.9 Å². The Bertz CT molecular complexity index is 1650. The van der Waals surface area contributed by atoms with Crippen molar-refractivity contribution in [3.8, 4) is 0 Å². The molecular formula is C51H88O17P2. The summed E-state index contributed by atoms with van der Waals surface area (Å²) in [5.41, 5.74) is 0. The maximum absolute atomic E-state index is 13.0. The Balaban J connectivity index is 1.78. The maximum Gasteiger partial charge on any atom is 0.472 e. The number of ether oxygens (including phenoxy) is 3. The van der Waals surface area contributed by atoms with E-state index in [-0.39, 0.29) is 12.8 Å². The largest absolute Gasteiger partial charge is 0.472 e. The molecule has 2 rings (SSSR count). The average Bonchev–Trinajstić information content (AvgIpc) is 4.07. The van der Waals surface area contributed by atoms with E-state index < -0.39 is 83.5 Å². The van der Waals surface area contributed by atoms with Gasteiger partial charge in [0, 0.05) is 12.8 Å². The van der Waals surface area contributed by atoms with Crippen LogP contribution in [0.5, 0.6) is 0 Å². The molecule has 7 unspecified atom stereocenters. The van der Waals surface area contributed by atoms with Gasteiger partial charge in [0.2, 0.25) is 0 Å². The van der Waals surface area contributed by atoms with Gasteiger partial charge in [0.05, 0.1) is 18.8 Å². The van der Waals surface area contributed by atoms with Crippen molar-refractivity contribution in [2.24, 2.45) is 0 Å². The van der Waals surface area contributed by atoms with E-state index >= 15 is 0 Å². The molecule has 1 aliphatic heterocycles. The molecule has 2 aliphatic rings. The number of esters is 2. The van der Waals surface area contributed by atoms with E-state index in [0.29, 0.717) is 31.5 Å². The molecule has 0 aromatic rings. The SMILES string of the molecule is CC/C=C\CC1OC1C/C=C\C/C=C\C/C=C\C/C=C\CCC(=O)OC[C@H](COP(=O)(O)O[C@H]1C(O)C(O)C(O)[C@@H](OP(=O)(O)O)C1O)OC(=O)CCCCCCCCCCCCCCCCCCC. The van der Waals surface area contributed by atoms with Gasteiger partial charge < -0.3 is 49.3 Å². The molecule has 17 nitrogen and oxygen atoms in total. The van der Waals surface area contributed by atoms with Crippen LogP contribution in [0.3, 0.4) is 0 Å². The van der Waals surface area contributed by atoms with E-state index in [0.717, 1.165) is 57.8 Å². The number of phosphoric ester groups is 2. The number of aliphatic hydroxyl groups excluding tert-OH is 4. The van der Waals surface area contributed by atoms with E-state index in [4.69, 9.17) is 23.3 Å². The van der Waals surface area contributed by atoms with Gasteiger partial charge in [-0.05, 0) is 51.4 Å². The molecule has 0 aromatic carbocycles. The van der Waals surface area contributed by atoms with Crippen LogP contribution in [0.15, 0.2) is 60.8 Å². The van der Waals surface area contributed by atoms with Crippen LogP contribution in [0.2, 0.25) is 0 Å². The molecule has 1 saturated carbocycles. The van der Waals surface area contributed by atoms with Gasteiger partial charge >= 0.3 is 27.6 Å². The topological polar surface area (TPSA) is 269 Å². The third-order valence-electron chi connectivity index (χ3n) is 12.0. The summed E-state index contributed by atoms with van der Waals surface area (Å²) in [5, 5.41) is 41.3. The number of unbranched alkanes of at least 4 members (excludes halogenated alkanes) is 16. The Labute approximate surface area is 417 Å². The average molecular weight is 1040 g/mol. The Morgan fingerprint density at radius 3 is 1.49 bits per heavy atom.